The Labute approximate surface area is 114 Å². The first-order chi connectivity index (χ1) is 8.61. The predicted octanol–water partition coefficient (Wildman–Crippen LogP) is 1.08. The van der Waals surface area contributed by atoms with E-state index in [0.717, 1.165) is 4.47 Å². The molecule has 0 radical (unpaired) electrons. The molecule has 0 spiro atoms. The number of amides is 2. The number of hydrogen-bond acceptors (Lipinski definition) is 3. The van der Waals surface area contributed by atoms with E-state index in [0.29, 0.717) is 12.3 Å². The van der Waals surface area contributed by atoms with Gasteiger partial charge in [-0.25, -0.2) is 0 Å². The molecule has 0 saturated carbocycles. The number of hydrogen-bond donors (Lipinski definition) is 2. The molecule has 0 aliphatic heterocycles. The SMILES string of the molecule is CCNC(=O)CNC(=O)COc1cccc(Br)c1. The number of carbonyl (C=O) groups excluding carboxylic acids is 2. The normalized spacial score (nSPS) is 9.67. The van der Waals surface area contributed by atoms with Gasteiger partial charge in [-0.05, 0) is 25.1 Å². The van der Waals surface area contributed by atoms with Crippen LogP contribution in [0.25, 0.3) is 0 Å². The maximum Gasteiger partial charge on any atom is 0.258 e. The van der Waals surface area contributed by atoms with Gasteiger partial charge < -0.3 is 15.4 Å². The summed E-state index contributed by atoms with van der Waals surface area (Å²) in [6, 6.07) is 7.19. The maximum absolute atomic E-state index is 11.4. The lowest BCUT2D eigenvalue weighted by molar-refractivity contribution is -0.127. The smallest absolute Gasteiger partial charge is 0.258 e. The zero-order valence-corrected chi connectivity index (χ0v) is 11.6. The predicted molar refractivity (Wildman–Crippen MR) is 71.3 cm³/mol. The van der Waals surface area contributed by atoms with Gasteiger partial charge in [0.2, 0.25) is 5.91 Å². The van der Waals surface area contributed by atoms with Crippen LogP contribution in [0.3, 0.4) is 0 Å². The Morgan fingerprint density at radius 1 is 1.28 bits per heavy atom. The minimum Gasteiger partial charge on any atom is -0.484 e. The van der Waals surface area contributed by atoms with Crippen LogP contribution in [0.5, 0.6) is 5.75 Å². The molecule has 0 heterocycles. The number of likely N-dealkylation sites (N-methyl/N-ethyl adjacent to an activating group) is 1. The number of ether oxygens (including phenoxy) is 1. The first-order valence-electron chi connectivity index (χ1n) is 5.53. The van der Waals surface area contributed by atoms with Crippen molar-refractivity contribution in [2.24, 2.45) is 0 Å². The Hall–Kier alpha value is -1.56. The number of carbonyl (C=O) groups is 2. The van der Waals surface area contributed by atoms with Gasteiger partial charge in [-0.1, -0.05) is 22.0 Å². The molecule has 0 bridgehead atoms. The van der Waals surface area contributed by atoms with Crippen LogP contribution in [0.4, 0.5) is 0 Å². The van der Waals surface area contributed by atoms with E-state index in [2.05, 4.69) is 26.6 Å². The number of halogens is 1. The van der Waals surface area contributed by atoms with Gasteiger partial charge in [-0.3, -0.25) is 9.59 Å². The quantitative estimate of drug-likeness (QED) is 0.825. The van der Waals surface area contributed by atoms with Crippen LogP contribution in [0.2, 0.25) is 0 Å². The number of benzene rings is 1. The fourth-order valence-corrected chi connectivity index (χ4v) is 1.57. The largest absolute Gasteiger partial charge is 0.484 e. The van der Waals surface area contributed by atoms with Crippen LogP contribution in [0.15, 0.2) is 28.7 Å². The zero-order chi connectivity index (χ0) is 13.4. The first-order valence-corrected chi connectivity index (χ1v) is 6.33. The van der Waals surface area contributed by atoms with Crippen molar-refractivity contribution in [1.82, 2.24) is 10.6 Å². The third kappa shape index (κ3) is 5.67. The van der Waals surface area contributed by atoms with Gasteiger partial charge in [0.1, 0.15) is 5.75 Å². The fourth-order valence-electron chi connectivity index (χ4n) is 1.20. The van der Waals surface area contributed by atoms with Crippen molar-refractivity contribution in [1.29, 1.82) is 0 Å². The van der Waals surface area contributed by atoms with Gasteiger partial charge in [0.05, 0.1) is 6.54 Å². The molecular weight excluding hydrogens is 300 g/mol. The Kier molecular flexibility index (Phi) is 6.21. The van der Waals surface area contributed by atoms with Crippen molar-refractivity contribution in [2.45, 2.75) is 6.92 Å². The first kappa shape index (κ1) is 14.5. The van der Waals surface area contributed by atoms with E-state index >= 15 is 0 Å². The molecule has 0 aliphatic rings. The lowest BCUT2D eigenvalue weighted by atomic mass is 10.3. The highest BCUT2D eigenvalue weighted by molar-refractivity contribution is 9.10. The molecule has 2 amide bonds. The molecule has 1 rings (SSSR count). The summed E-state index contributed by atoms with van der Waals surface area (Å²) < 4.78 is 6.14. The van der Waals surface area contributed by atoms with Crippen LogP contribution < -0.4 is 15.4 Å². The molecule has 1 aromatic carbocycles. The summed E-state index contributed by atoms with van der Waals surface area (Å²) in [6.07, 6.45) is 0. The topological polar surface area (TPSA) is 67.4 Å². The van der Waals surface area contributed by atoms with E-state index in [-0.39, 0.29) is 25.0 Å². The number of nitrogens with one attached hydrogen (secondary N) is 2. The molecule has 0 saturated heterocycles. The highest BCUT2D eigenvalue weighted by Gasteiger charge is 2.05. The lowest BCUT2D eigenvalue weighted by Gasteiger charge is -2.07. The van der Waals surface area contributed by atoms with Crippen LogP contribution >= 0.6 is 15.9 Å². The zero-order valence-electron chi connectivity index (χ0n) is 10.0. The van der Waals surface area contributed by atoms with Crippen LogP contribution in [0.1, 0.15) is 6.92 Å². The van der Waals surface area contributed by atoms with Gasteiger partial charge >= 0.3 is 0 Å². The molecule has 5 nitrogen and oxygen atoms in total. The highest BCUT2D eigenvalue weighted by atomic mass is 79.9. The molecule has 0 aliphatic carbocycles. The van der Waals surface area contributed by atoms with Gasteiger partial charge in [0, 0.05) is 11.0 Å². The minimum absolute atomic E-state index is 0.0332. The van der Waals surface area contributed by atoms with E-state index in [9.17, 15) is 9.59 Å². The van der Waals surface area contributed by atoms with Crippen molar-refractivity contribution < 1.29 is 14.3 Å². The Morgan fingerprint density at radius 3 is 2.72 bits per heavy atom. The molecule has 1 aromatic rings. The molecule has 0 aromatic heterocycles. The van der Waals surface area contributed by atoms with E-state index in [1.807, 2.05) is 19.1 Å². The summed E-state index contributed by atoms with van der Waals surface area (Å²) in [5.74, 6) is 0.0482. The van der Waals surface area contributed by atoms with Gasteiger partial charge in [0.15, 0.2) is 6.61 Å². The number of rotatable bonds is 6. The summed E-state index contributed by atoms with van der Waals surface area (Å²) >= 11 is 3.30. The minimum atomic E-state index is -0.332. The van der Waals surface area contributed by atoms with Crippen molar-refractivity contribution in [3.8, 4) is 5.75 Å². The van der Waals surface area contributed by atoms with Crippen molar-refractivity contribution in [2.75, 3.05) is 19.7 Å². The van der Waals surface area contributed by atoms with E-state index in [1.165, 1.54) is 0 Å². The van der Waals surface area contributed by atoms with Crippen molar-refractivity contribution in [3.63, 3.8) is 0 Å². The maximum atomic E-state index is 11.4. The third-order valence-corrected chi connectivity index (χ3v) is 2.48. The molecule has 0 fully saturated rings. The average molecular weight is 315 g/mol. The molecular formula is C12H15BrN2O3. The summed E-state index contributed by atoms with van der Waals surface area (Å²) in [6.45, 7) is 2.21. The van der Waals surface area contributed by atoms with Crippen LogP contribution in [-0.4, -0.2) is 31.5 Å². The lowest BCUT2D eigenvalue weighted by Crippen LogP contribution is -2.38. The Morgan fingerprint density at radius 2 is 2.06 bits per heavy atom. The summed E-state index contributed by atoms with van der Waals surface area (Å²) in [5, 5.41) is 5.05. The van der Waals surface area contributed by atoms with Crippen LogP contribution in [-0.2, 0) is 9.59 Å². The molecule has 98 valence electrons. The van der Waals surface area contributed by atoms with E-state index < -0.39 is 0 Å². The molecule has 0 atom stereocenters. The fraction of sp³-hybridized carbons (Fsp3) is 0.333. The second-order valence-corrected chi connectivity index (χ2v) is 4.39. The monoisotopic (exact) mass is 314 g/mol. The summed E-state index contributed by atoms with van der Waals surface area (Å²) in [4.78, 5) is 22.5. The Bertz CT molecular complexity index is 424. The average Bonchev–Trinajstić information content (AvgIpc) is 2.34. The van der Waals surface area contributed by atoms with Gasteiger partial charge in [-0.15, -0.1) is 0 Å². The second kappa shape index (κ2) is 7.71. The molecule has 18 heavy (non-hydrogen) atoms. The van der Waals surface area contributed by atoms with Crippen LogP contribution in [0, 0.1) is 0 Å². The van der Waals surface area contributed by atoms with Gasteiger partial charge in [0.25, 0.3) is 5.91 Å². The third-order valence-electron chi connectivity index (χ3n) is 1.99. The summed E-state index contributed by atoms with van der Waals surface area (Å²) in [7, 11) is 0. The second-order valence-electron chi connectivity index (χ2n) is 3.48. The highest BCUT2D eigenvalue weighted by Crippen LogP contribution is 2.17. The standard InChI is InChI=1S/C12H15BrN2O3/c1-2-14-11(16)7-15-12(17)8-18-10-5-3-4-9(13)6-10/h3-6H,2,7-8H2,1H3,(H,14,16)(H,15,17). The van der Waals surface area contributed by atoms with E-state index in [4.69, 9.17) is 4.74 Å². The Balaban J connectivity index is 2.27. The molecule has 6 heteroatoms. The molecule has 2 N–H and O–H groups in total. The molecule has 0 unspecified atom stereocenters. The summed E-state index contributed by atoms with van der Waals surface area (Å²) in [5.41, 5.74) is 0. The van der Waals surface area contributed by atoms with Crippen molar-refractivity contribution >= 4 is 27.7 Å². The van der Waals surface area contributed by atoms with E-state index in [1.54, 1.807) is 12.1 Å². The van der Waals surface area contributed by atoms with Crippen molar-refractivity contribution in [3.05, 3.63) is 28.7 Å². The van der Waals surface area contributed by atoms with Gasteiger partial charge in [-0.2, -0.15) is 0 Å².